The minimum atomic E-state index is -0.556. The minimum Gasteiger partial charge on any atom is -0.392 e. The number of H-pyrrole nitrogens is 1. The highest BCUT2D eigenvalue weighted by Crippen LogP contribution is 2.10. The van der Waals surface area contributed by atoms with Gasteiger partial charge in [0, 0.05) is 12.1 Å². The molecule has 84 valence electrons. The van der Waals surface area contributed by atoms with E-state index in [0.29, 0.717) is 16.6 Å². The summed E-state index contributed by atoms with van der Waals surface area (Å²) in [5, 5.41) is 21.9. The first-order valence-corrected chi connectivity index (χ1v) is 4.93. The standard InChI is InChI=1S/C10H12N4O2/c1-6(15)5-11-10(16)7-2-3-8-9(4-7)13-14-12-8/h2-4,6,15H,5H2,1H3,(H,11,16)(H,12,13,14)/t6-/m1/s1. The number of hydrogen-bond donors (Lipinski definition) is 3. The topological polar surface area (TPSA) is 90.9 Å². The molecule has 0 aliphatic rings. The molecule has 1 amide bonds. The van der Waals surface area contributed by atoms with Gasteiger partial charge in [0.15, 0.2) is 0 Å². The van der Waals surface area contributed by atoms with Crippen molar-refractivity contribution in [2.45, 2.75) is 13.0 Å². The lowest BCUT2D eigenvalue weighted by Gasteiger charge is -2.06. The number of hydrogen-bond acceptors (Lipinski definition) is 4. The fourth-order valence-corrected chi connectivity index (χ4v) is 1.32. The van der Waals surface area contributed by atoms with Gasteiger partial charge in [-0.1, -0.05) is 0 Å². The van der Waals surface area contributed by atoms with Crippen LogP contribution in [0.3, 0.4) is 0 Å². The molecule has 0 saturated heterocycles. The summed E-state index contributed by atoms with van der Waals surface area (Å²) >= 11 is 0. The average Bonchev–Trinajstić information content (AvgIpc) is 2.72. The van der Waals surface area contributed by atoms with Gasteiger partial charge in [-0.25, -0.2) is 0 Å². The van der Waals surface area contributed by atoms with Gasteiger partial charge in [0.25, 0.3) is 5.91 Å². The molecule has 0 aliphatic heterocycles. The lowest BCUT2D eigenvalue weighted by molar-refractivity contribution is 0.0924. The Kier molecular flexibility index (Phi) is 2.82. The van der Waals surface area contributed by atoms with Crippen molar-refractivity contribution in [3.8, 4) is 0 Å². The van der Waals surface area contributed by atoms with Crippen LogP contribution in [0, 0.1) is 0 Å². The summed E-state index contributed by atoms with van der Waals surface area (Å²) in [5.41, 5.74) is 1.86. The van der Waals surface area contributed by atoms with Crippen LogP contribution in [0.15, 0.2) is 18.2 Å². The van der Waals surface area contributed by atoms with E-state index in [2.05, 4.69) is 20.7 Å². The third kappa shape index (κ3) is 2.17. The molecule has 1 aromatic heterocycles. The zero-order valence-electron chi connectivity index (χ0n) is 8.77. The zero-order valence-corrected chi connectivity index (χ0v) is 8.77. The molecule has 6 heteroatoms. The quantitative estimate of drug-likeness (QED) is 0.682. The molecule has 6 nitrogen and oxygen atoms in total. The zero-order chi connectivity index (χ0) is 11.5. The van der Waals surface area contributed by atoms with Crippen molar-refractivity contribution in [2.24, 2.45) is 0 Å². The summed E-state index contributed by atoms with van der Waals surface area (Å²) in [6, 6.07) is 5.04. The summed E-state index contributed by atoms with van der Waals surface area (Å²) in [4.78, 5) is 11.6. The Morgan fingerprint density at radius 1 is 1.50 bits per heavy atom. The summed E-state index contributed by atoms with van der Waals surface area (Å²) in [6.07, 6.45) is -0.556. The lowest BCUT2D eigenvalue weighted by Crippen LogP contribution is -2.30. The molecule has 16 heavy (non-hydrogen) atoms. The SMILES string of the molecule is C[C@@H](O)CNC(=O)c1ccc2n[nH]nc2c1. The maximum Gasteiger partial charge on any atom is 0.251 e. The van der Waals surface area contributed by atoms with Crippen LogP contribution in [0.5, 0.6) is 0 Å². The smallest absolute Gasteiger partial charge is 0.251 e. The molecular formula is C10H12N4O2. The molecule has 3 N–H and O–H groups in total. The van der Waals surface area contributed by atoms with Crippen molar-refractivity contribution in [3.63, 3.8) is 0 Å². The number of aromatic amines is 1. The number of aliphatic hydroxyl groups excluding tert-OH is 1. The Labute approximate surface area is 91.7 Å². The Bertz CT molecular complexity index is 506. The number of aliphatic hydroxyl groups is 1. The van der Waals surface area contributed by atoms with E-state index in [0.717, 1.165) is 0 Å². The molecule has 0 unspecified atom stereocenters. The molecule has 0 bridgehead atoms. The molecule has 1 atom stereocenters. The molecule has 0 aliphatic carbocycles. The number of benzene rings is 1. The first-order valence-electron chi connectivity index (χ1n) is 4.93. The molecule has 0 spiro atoms. The van der Waals surface area contributed by atoms with Crippen LogP contribution >= 0.6 is 0 Å². The predicted molar refractivity (Wildman–Crippen MR) is 57.9 cm³/mol. The highest BCUT2D eigenvalue weighted by molar-refractivity contribution is 5.97. The first kappa shape index (κ1) is 10.6. The van der Waals surface area contributed by atoms with Gasteiger partial charge in [-0.05, 0) is 25.1 Å². The molecule has 1 aromatic carbocycles. The van der Waals surface area contributed by atoms with E-state index in [-0.39, 0.29) is 12.5 Å². The van der Waals surface area contributed by atoms with E-state index >= 15 is 0 Å². The largest absolute Gasteiger partial charge is 0.392 e. The summed E-state index contributed by atoms with van der Waals surface area (Å²) in [5.74, 6) is -0.231. The van der Waals surface area contributed by atoms with E-state index in [1.54, 1.807) is 25.1 Å². The van der Waals surface area contributed by atoms with Crippen molar-refractivity contribution in [2.75, 3.05) is 6.54 Å². The van der Waals surface area contributed by atoms with E-state index in [1.807, 2.05) is 0 Å². The lowest BCUT2D eigenvalue weighted by atomic mass is 10.2. The van der Waals surface area contributed by atoms with E-state index < -0.39 is 6.10 Å². The van der Waals surface area contributed by atoms with Crippen molar-refractivity contribution < 1.29 is 9.90 Å². The van der Waals surface area contributed by atoms with Gasteiger partial charge in [0.05, 0.1) is 6.10 Å². The number of aromatic nitrogens is 3. The number of amides is 1. The maximum atomic E-state index is 11.6. The molecular weight excluding hydrogens is 208 g/mol. The van der Waals surface area contributed by atoms with Crippen molar-refractivity contribution in [3.05, 3.63) is 23.8 Å². The van der Waals surface area contributed by atoms with Gasteiger partial charge in [0.2, 0.25) is 0 Å². The molecule has 0 fully saturated rings. The van der Waals surface area contributed by atoms with Crippen LogP contribution in [0.4, 0.5) is 0 Å². The number of carbonyl (C=O) groups excluding carboxylic acids is 1. The number of carbonyl (C=O) groups is 1. The summed E-state index contributed by atoms with van der Waals surface area (Å²) < 4.78 is 0. The number of fused-ring (bicyclic) bond motifs is 1. The number of rotatable bonds is 3. The number of nitrogens with one attached hydrogen (secondary N) is 2. The normalized spacial score (nSPS) is 12.6. The fourth-order valence-electron chi connectivity index (χ4n) is 1.32. The van der Waals surface area contributed by atoms with Crippen LogP contribution in [-0.2, 0) is 0 Å². The van der Waals surface area contributed by atoms with Gasteiger partial charge in [-0.15, -0.1) is 0 Å². The van der Waals surface area contributed by atoms with E-state index in [9.17, 15) is 4.79 Å². The van der Waals surface area contributed by atoms with Gasteiger partial charge in [0.1, 0.15) is 11.0 Å². The van der Waals surface area contributed by atoms with E-state index in [4.69, 9.17) is 5.11 Å². The Morgan fingerprint density at radius 3 is 3.00 bits per heavy atom. The monoisotopic (exact) mass is 220 g/mol. The summed E-state index contributed by atoms with van der Waals surface area (Å²) in [7, 11) is 0. The van der Waals surface area contributed by atoms with Crippen molar-refractivity contribution in [1.82, 2.24) is 20.7 Å². The molecule has 0 saturated carbocycles. The third-order valence-electron chi connectivity index (χ3n) is 2.14. The van der Waals surface area contributed by atoms with Gasteiger partial charge in [-0.2, -0.15) is 15.4 Å². The van der Waals surface area contributed by atoms with E-state index in [1.165, 1.54) is 0 Å². The average molecular weight is 220 g/mol. The Balaban J connectivity index is 2.16. The minimum absolute atomic E-state index is 0.231. The first-order chi connectivity index (χ1) is 7.66. The Morgan fingerprint density at radius 2 is 2.25 bits per heavy atom. The van der Waals surface area contributed by atoms with Crippen LogP contribution in [-0.4, -0.2) is 39.1 Å². The van der Waals surface area contributed by atoms with Gasteiger partial charge < -0.3 is 10.4 Å². The van der Waals surface area contributed by atoms with Crippen LogP contribution in [0.25, 0.3) is 11.0 Å². The van der Waals surface area contributed by atoms with Gasteiger partial charge >= 0.3 is 0 Å². The fraction of sp³-hybridized carbons (Fsp3) is 0.300. The highest BCUT2D eigenvalue weighted by atomic mass is 16.3. The molecule has 2 rings (SSSR count). The molecule has 0 radical (unpaired) electrons. The third-order valence-corrected chi connectivity index (χ3v) is 2.14. The second-order valence-corrected chi connectivity index (χ2v) is 3.59. The Hall–Kier alpha value is -1.95. The summed E-state index contributed by atoms with van der Waals surface area (Å²) in [6.45, 7) is 1.84. The highest BCUT2D eigenvalue weighted by Gasteiger charge is 2.08. The van der Waals surface area contributed by atoms with Crippen molar-refractivity contribution in [1.29, 1.82) is 0 Å². The number of nitrogens with zero attached hydrogens (tertiary/aromatic N) is 2. The molecule has 1 heterocycles. The van der Waals surface area contributed by atoms with Crippen molar-refractivity contribution >= 4 is 16.9 Å². The second kappa shape index (κ2) is 4.28. The van der Waals surface area contributed by atoms with Gasteiger partial charge in [-0.3, -0.25) is 4.79 Å². The van der Waals surface area contributed by atoms with Crippen LogP contribution in [0.1, 0.15) is 17.3 Å². The predicted octanol–water partition coefficient (Wildman–Crippen LogP) is 0.0685. The second-order valence-electron chi connectivity index (χ2n) is 3.59. The molecule has 2 aromatic rings. The van der Waals surface area contributed by atoms with Crippen LogP contribution < -0.4 is 5.32 Å². The van der Waals surface area contributed by atoms with Crippen LogP contribution in [0.2, 0.25) is 0 Å². The maximum absolute atomic E-state index is 11.6.